The van der Waals surface area contributed by atoms with Gasteiger partial charge in [0.25, 0.3) is 0 Å². The van der Waals surface area contributed by atoms with E-state index in [1.54, 1.807) is 0 Å². The molecule has 1 fully saturated rings. The van der Waals surface area contributed by atoms with Gasteiger partial charge in [-0.05, 0) is 51.5 Å². The van der Waals surface area contributed by atoms with E-state index < -0.39 is 0 Å². The van der Waals surface area contributed by atoms with Crippen LogP contribution in [0, 0.1) is 5.92 Å². The summed E-state index contributed by atoms with van der Waals surface area (Å²) in [6, 6.07) is 0.888. The molecule has 1 N–H and O–H groups in total. The number of aliphatic hydroxyl groups is 1. The monoisotopic (exact) mass is 213 g/mol. The summed E-state index contributed by atoms with van der Waals surface area (Å²) in [4.78, 5) is 2.65. The van der Waals surface area contributed by atoms with Gasteiger partial charge < -0.3 is 10.0 Å². The van der Waals surface area contributed by atoms with E-state index in [1.807, 2.05) is 6.92 Å². The second kappa shape index (κ2) is 6.49. The summed E-state index contributed by atoms with van der Waals surface area (Å²) in [6.45, 7) is 8.96. The topological polar surface area (TPSA) is 23.5 Å². The quantitative estimate of drug-likeness (QED) is 0.627. The minimum absolute atomic E-state index is 0.121. The van der Waals surface area contributed by atoms with Crippen LogP contribution in [0.5, 0.6) is 0 Å². The smallest absolute Gasteiger partial charge is 0.0512 e. The van der Waals surface area contributed by atoms with E-state index in [0.717, 1.165) is 18.4 Å². The van der Waals surface area contributed by atoms with Crippen molar-refractivity contribution in [3.63, 3.8) is 0 Å². The lowest BCUT2D eigenvalue weighted by molar-refractivity contribution is 0.174. The van der Waals surface area contributed by atoms with Crippen molar-refractivity contribution in [2.45, 2.75) is 65.0 Å². The van der Waals surface area contributed by atoms with Crippen LogP contribution < -0.4 is 0 Å². The number of unbranched alkanes of at least 4 members (excludes halogenated alkanes) is 1. The van der Waals surface area contributed by atoms with Crippen LogP contribution in [0.15, 0.2) is 0 Å². The molecule has 90 valence electrons. The zero-order valence-electron chi connectivity index (χ0n) is 10.6. The fraction of sp³-hybridized carbons (Fsp3) is 1.00. The standard InChI is InChI=1S/C13H27NO/c1-11(2)10-14(13-7-8-13)9-5-4-6-12(3)15/h11-13,15H,4-10H2,1-3H3. The minimum atomic E-state index is -0.121. The van der Waals surface area contributed by atoms with Gasteiger partial charge in [-0.2, -0.15) is 0 Å². The van der Waals surface area contributed by atoms with Gasteiger partial charge in [-0.25, -0.2) is 0 Å². The Kier molecular flexibility index (Phi) is 5.62. The average Bonchev–Trinajstić information content (AvgIpc) is 2.92. The van der Waals surface area contributed by atoms with Crippen LogP contribution in [-0.4, -0.2) is 35.2 Å². The molecule has 2 nitrogen and oxygen atoms in total. The molecule has 0 aromatic rings. The molecule has 2 heteroatoms. The fourth-order valence-corrected chi connectivity index (χ4v) is 2.09. The molecule has 0 amide bonds. The lowest BCUT2D eigenvalue weighted by Gasteiger charge is -2.24. The molecule has 1 aliphatic carbocycles. The number of nitrogens with zero attached hydrogens (tertiary/aromatic N) is 1. The van der Waals surface area contributed by atoms with E-state index in [1.165, 1.54) is 38.8 Å². The highest BCUT2D eigenvalue weighted by Crippen LogP contribution is 2.27. The third-order valence-corrected chi connectivity index (χ3v) is 2.98. The Morgan fingerprint density at radius 2 is 1.87 bits per heavy atom. The molecule has 1 aliphatic rings. The van der Waals surface area contributed by atoms with Gasteiger partial charge in [0.2, 0.25) is 0 Å². The van der Waals surface area contributed by atoms with Crippen LogP contribution in [-0.2, 0) is 0 Å². The first kappa shape index (κ1) is 13.0. The van der Waals surface area contributed by atoms with E-state index in [0.29, 0.717) is 0 Å². The van der Waals surface area contributed by atoms with Crippen LogP contribution in [0.25, 0.3) is 0 Å². The molecule has 0 spiro atoms. The summed E-state index contributed by atoms with van der Waals surface area (Å²) in [5, 5.41) is 9.17. The highest BCUT2D eigenvalue weighted by Gasteiger charge is 2.28. The molecule has 0 radical (unpaired) electrons. The van der Waals surface area contributed by atoms with Crippen molar-refractivity contribution in [2.75, 3.05) is 13.1 Å². The van der Waals surface area contributed by atoms with Crippen LogP contribution in [0.1, 0.15) is 52.9 Å². The Morgan fingerprint density at radius 3 is 2.33 bits per heavy atom. The first-order chi connectivity index (χ1) is 7.09. The first-order valence-electron chi connectivity index (χ1n) is 6.51. The van der Waals surface area contributed by atoms with Crippen LogP contribution in [0.3, 0.4) is 0 Å². The predicted molar refractivity (Wildman–Crippen MR) is 65.0 cm³/mol. The van der Waals surface area contributed by atoms with Crippen LogP contribution >= 0.6 is 0 Å². The Bertz CT molecular complexity index is 164. The van der Waals surface area contributed by atoms with Gasteiger partial charge in [0.05, 0.1) is 6.10 Å². The van der Waals surface area contributed by atoms with Crippen molar-refractivity contribution in [2.24, 2.45) is 5.92 Å². The van der Waals surface area contributed by atoms with E-state index in [2.05, 4.69) is 18.7 Å². The molecule has 0 bridgehead atoms. The van der Waals surface area contributed by atoms with Gasteiger partial charge >= 0.3 is 0 Å². The third-order valence-electron chi connectivity index (χ3n) is 2.98. The zero-order valence-corrected chi connectivity index (χ0v) is 10.6. The van der Waals surface area contributed by atoms with Crippen molar-refractivity contribution in [1.82, 2.24) is 4.90 Å². The lowest BCUT2D eigenvalue weighted by atomic mass is 10.1. The van der Waals surface area contributed by atoms with Crippen molar-refractivity contribution in [3.05, 3.63) is 0 Å². The molecule has 15 heavy (non-hydrogen) atoms. The second-order valence-corrected chi connectivity index (χ2v) is 5.46. The predicted octanol–water partition coefficient (Wildman–Crippen LogP) is 2.66. The van der Waals surface area contributed by atoms with Crippen molar-refractivity contribution in [3.8, 4) is 0 Å². The first-order valence-corrected chi connectivity index (χ1v) is 6.51. The van der Waals surface area contributed by atoms with Gasteiger partial charge in [0.15, 0.2) is 0 Å². The zero-order chi connectivity index (χ0) is 11.3. The van der Waals surface area contributed by atoms with Crippen molar-refractivity contribution >= 4 is 0 Å². The maximum Gasteiger partial charge on any atom is 0.0512 e. The molecular formula is C13H27NO. The van der Waals surface area contributed by atoms with Crippen molar-refractivity contribution < 1.29 is 5.11 Å². The molecule has 0 heterocycles. The number of aliphatic hydroxyl groups excluding tert-OH is 1. The van der Waals surface area contributed by atoms with Gasteiger partial charge in [-0.15, -0.1) is 0 Å². The van der Waals surface area contributed by atoms with E-state index in [9.17, 15) is 5.11 Å². The van der Waals surface area contributed by atoms with Crippen molar-refractivity contribution in [1.29, 1.82) is 0 Å². The molecule has 1 rings (SSSR count). The van der Waals surface area contributed by atoms with E-state index in [-0.39, 0.29) is 6.10 Å². The Hall–Kier alpha value is -0.0800. The second-order valence-electron chi connectivity index (χ2n) is 5.46. The Balaban J connectivity index is 2.09. The van der Waals surface area contributed by atoms with Gasteiger partial charge in [-0.3, -0.25) is 0 Å². The Morgan fingerprint density at radius 1 is 1.20 bits per heavy atom. The molecule has 1 atom stereocenters. The fourth-order valence-electron chi connectivity index (χ4n) is 2.09. The lowest BCUT2D eigenvalue weighted by Crippen LogP contribution is -2.31. The van der Waals surface area contributed by atoms with Crippen LogP contribution in [0.4, 0.5) is 0 Å². The molecule has 0 saturated heterocycles. The Labute approximate surface area is 94.7 Å². The highest BCUT2D eigenvalue weighted by molar-refractivity contribution is 4.84. The third kappa shape index (κ3) is 6.16. The number of hydrogen-bond acceptors (Lipinski definition) is 2. The summed E-state index contributed by atoms with van der Waals surface area (Å²) in [7, 11) is 0. The molecule has 1 saturated carbocycles. The molecule has 1 unspecified atom stereocenters. The summed E-state index contributed by atoms with van der Waals surface area (Å²) >= 11 is 0. The van der Waals surface area contributed by atoms with Crippen LogP contribution in [0.2, 0.25) is 0 Å². The summed E-state index contributed by atoms with van der Waals surface area (Å²) < 4.78 is 0. The summed E-state index contributed by atoms with van der Waals surface area (Å²) in [5.74, 6) is 0.780. The van der Waals surface area contributed by atoms with Gasteiger partial charge in [0, 0.05) is 12.6 Å². The molecule has 0 aliphatic heterocycles. The van der Waals surface area contributed by atoms with Gasteiger partial charge in [0.1, 0.15) is 0 Å². The highest BCUT2D eigenvalue weighted by atomic mass is 16.3. The molecular weight excluding hydrogens is 186 g/mol. The number of hydrogen-bond donors (Lipinski definition) is 1. The average molecular weight is 213 g/mol. The van der Waals surface area contributed by atoms with E-state index >= 15 is 0 Å². The maximum atomic E-state index is 9.17. The normalized spacial score (nSPS) is 18.8. The van der Waals surface area contributed by atoms with Gasteiger partial charge in [-0.1, -0.05) is 13.8 Å². The molecule has 0 aromatic carbocycles. The largest absolute Gasteiger partial charge is 0.393 e. The summed E-state index contributed by atoms with van der Waals surface area (Å²) in [5.41, 5.74) is 0. The molecule has 0 aromatic heterocycles. The van der Waals surface area contributed by atoms with E-state index in [4.69, 9.17) is 0 Å². The minimum Gasteiger partial charge on any atom is -0.393 e. The maximum absolute atomic E-state index is 9.17. The number of rotatable bonds is 8. The summed E-state index contributed by atoms with van der Waals surface area (Å²) in [6.07, 6.45) is 6.06. The SMILES string of the molecule is CC(C)CN(CCCCC(C)O)C1CC1.